The second-order valence-corrected chi connectivity index (χ2v) is 7.37. The number of carbonyl (C=O) groups excluding carboxylic acids is 2. The summed E-state index contributed by atoms with van der Waals surface area (Å²) in [6.45, 7) is 7.68. The van der Waals surface area contributed by atoms with Gasteiger partial charge in [-0.05, 0) is 50.6 Å². The topological polar surface area (TPSA) is 70.7 Å². The molecule has 1 fully saturated rings. The van der Waals surface area contributed by atoms with Gasteiger partial charge < -0.3 is 15.4 Å². The van der Waals surface area contributed by atoms with E-state index in [0.29, 0.717) is 24.3 Å². The Kier molecular flexibility index (Phi) is 6.44. The van der Waals surface area contributed by atoms with Gasteiger partial charge in [0, 0.05) is 18.8 Å². The Balaban J connectivity index is 1.66. The molecule has 6 heteroatoms. The van der Waals surface area contributed by atoms with Gasteiger partial charge in [-0.2, -0.15) is 0 Å². The number of hydrogen-bond acceptors (Lipinski definition) is 4. The normalized spacial score (nSPS) is 19.8. The minimum atomic E-state index is -0.255. The van der Waals surface area contributed by atoms with E-state index in [1.54, 1.807) is 24.3 Å². The van der Waals surface area contributed by atoms with Crippen molar-refractivity contribution in [3.05, 3.63) is 59.7 Å². The third-order valence-electron chi connectivity index (χ3n) is 4.58. The van der Waals surface area contributed by atoms with Crippen molar-refractivity contribution in [3.63, 3.8) is 0 Å². The van der Waals surface area contributed by atoms with Crippen LogP contribution in [0.3, 0.4) is 0 Å². The lowest BCUT2D eigenvalue weighted by Gasteiger charge is -2.34. The summed E-state index contributed by atoms with van der Waals surface area (Å²) in [4.78, 5) is 27.3. The zero-order valence-electron chi connectivity index (χ0n) is 16.6. The molecule has 2 atom stereocenters. The summed E-state index contributed by atoms with van der Waals surface area (Å²) in [5.74, 6) is -0.396. The van der Waals surface area contributed by atoms with Crippen LogP contribution in [0.4, 0.5) is 11.4 Å². The van der Waals surface area contributed by atoms with Crippen LogP contribution in [-0.4, -0.2) is 48.6 Å². The minimum Gasteiger partial charge on any atom is -0.373 e. The van der Waals surface area contributed by atoms with Gasteiger partial charge in [-0.3, -0.25) is 14.5 Å². The molecule has 28 heavy (non-hydrogen) atoms. The van der Waals surface area contributed by atoms with Crippen LogP contribution in [0.25, 0.3) is 0 Å². The van der Waals surface area contributed by atoms with Gasteiger partial charge in [0.25, 0.3) is 5.91 Å². The van der Waals surface area contributed by atoms with Crippen molar-refractivity contribution in [2.75, 3.05) is 30.3 Å². The predicted molar refractivity (Wildman–Crippen MR) is 111 cm³/mol. The molecule has 148 valence electrons. The Hall–Kier alpha value is -2.70. The Morgan fingerprint density at radius 2 is 1.75 bits per heavy atom. The molecular formula is C22H27N3O3. The molecule has 3 rings (SSSR count). The van der Waals surface area contributed by atoms with Gasteiger partial charge in [-0.25, -0.2) is 0 Å². The minimum absolute atomic E-state index is 0.101. The van der Waals surface area contributed by atoms with Crippen molar-refractivity contribution in [1.82, 2.24) is 4.90 Å². The number of amides is 2. The van der Waals surface area contributed by atoms with Crippen LogP contribution in [0, 0.1) is 6.92 Å². The number of carbonyl (C=O) groups is 2. The van der Waals surface area contributed by atoms with E-state index in [1.165, 1.54) is 0 Å². The number of benzene rings is 2. The van der Waals surface area contributed by atoms with Crippen molar-refractivity contribution < 1.29 is 14.3 Å². The molecule has 2 amide bonds. The molecule has 6 nitrogen and oxygen atoms in total. The Labute approximate surface area is 165 Å². The molecule has 0 unspecified atom stereocenters. The summed E-state index contributed by atoms with van der Waals surface area (Å²) in [7, 11) is 0. The van der Waals surface area contributed by atoms with Crippen molar-refractivity contribution in [2.45, 2.75) is 33.0 Å². The molecule has 1 aliphatic heterocycles. The molecule has 2 aromatic carbocycles. The fourth-order valence-corrected chi connectivity index (χ4v) is 3.52. The average Bonchev–Trinajstić information content (AvgIpc) is 2.61. The van der Waals surface area contributed by atoms with Crippen LogP contribution >= 0.6 is 0 Å². The van der Waals surface area contributed by atoms with Crippen LogP contribution in [0.5, 0.6) is 0 Å². The highest BCUT2D eigenvalue weighted by molar-refractivity contribution is 6.10. The summed E-state index contributed by atoms with van der Waals surface area (Å²) >= 11 is 0. The first-order valence-corrected chi connectivity index (χ1v) is 9.55. The molecule has 0 aromatic heterocycles. The number of ether oxygens (including phenoxy) is 1. The maximum Gasteiger partial charge on any atom is 0.257 e. The number of rotatable bonds is 5. The Morgan fingerprint density at radius 3 is 2.46 bits per heavy atom. The van der Waals surface area contributed by atoms with Crippen molar-refractivity contribution >= 4 is 23.2 Å². The summed E-state index contributed by atoms with van der Waals surface area (Å²) in [6.07, 6.45) is 0.202. The van der Waals surface area contributed by atoms with Crippen LogP contribution in [-0.2, 0) is 9.53 Å². The third-order valence-corrected chi connectivity index (χ3v) is 4.58. The van der Waals surface area contributed by atoms with E-state index >= 15 is 0 Å². The van der Waals surface area contributed by atoms with Gasteiger partial charge in [0.1, 0.15) is 0 Å². The molecule has 0 saturated carbocycles. The average molecular weight is 381 g/mol. The van der Waals surface area contributed by atoms with Gasteiger partial charge in [-0.15, -0.1) is 0 Å². The van der Waals surface area contributed by atoms with E-state index in [0.717, 1.165) is 11.3 Å². The SMILES string of the molecule is Cc1cccc(NC(=O)c2ccccc2NC(=O)CN2C[C@H](C)O[C@@H](C)C2)c1. The van der Waals surface area contributed by atoms with Crippen molar-refractivity contribution in [2.24, 2.45) is 0 Å². The van der Waals surface area contributed by atoms with E-state index in [-0.39, 0.29) is 30.6 Å². The number of morpholine rings is 1. The maximum absolute atomic E-state index is 12.7. The summed E-state index contributed by atoms with van der Waals surface area (Å²) in [5, 5.41) is 5.77. The Morgan fingerprint density at radius 1 is 1.04 bits per heavy atom. The molecular weight excluding hydrogens is 354 g/mol. The van der Waals surface area contributed by atoms with Crippen molar-refractivity contribution in [3.8, 4) is 0 Å². The van der Waals surface area contributed by atoms with Crippen LogP contribution in [0.15, 0.2) is 48.5 Å². The maximum atomic E-state index is 12.7. The molecule has 1 heterocycles. The summed E-state index contributed by atoms with van der Waals surface area (Å²) < 4.78 is 5.71. The Bertz CT molecular complexity index is 842. The first kappa shape index (κ1) is 20.0. The number of anilines is 2. The second-order valence-electron chi connectivity index (χ2n) is 7.37. The highest BCUT2D eigenvalue weighted by Gasteiger charge is 2.24. The molecule has 1 aliphatic rings. The monoisotopic (exact) mass is 381 g/mol. The van der Waals surface area contributed by atoms with Gasteiger partial charge in [0.2, 0.25) is 5.91 Å². The first-order valence-electron chi connectivity index (χ1n) is 9.55. The number of aryl methyl sites for hydroxylation is 1. The van der Waals surface area contributed by atoms with Gasteiger partial charge in [0.05, 0.1) is 30.0 Å². The van der Waals surface area contributed by atoms with E-state index in [2.05, 4.69) is 15.5 Å². The summed E-state index contributed by atoms with van der Waals surface area (Å²) in [5.41, 5.74) is 2.73. The second kappa shape index (κ2) is 8.99. The zero-order chi connectivity index (χ0) is 20.1. The molecule has 2 N–H and O–H groups in total. The van der Waals surface area contributed by atoms with Gasteiger partial charge >= 0.3 is 0 Å². The third kappa shape index (κ3) is 5.41. The van der Waals surface area contributed by atoms with Crippen LogP contribution in [0.1, 0.15) is 29.8 Å². The number of nitrogens with zero attached hydrogens (tertiary/aromatic N) is 1. The number of hydrogen-bond donors (Lipinski definition) is 2. The highest BCUT2D eigenvalue weighted by Crippen LogP contribution is 2.18. The van der Waals surface area contributed by atoms with Crippen LogP contribution < -0.4 is 10.6 Å². The predicted octanol–water partition coefficient (Wildman–Crippen LogP) is 3.30. The fourth-order valence-electron chi connectivity index (χ4n) is 3.52. The summed E-state index contributed by atoms with van der Waals surface area (Å²) in [6, 6.07) is 14.6. The lowest BCUT2D eigenvalue weighted by Crippen LogP contribution is -2.48. The van der Waals surface area contributed by atoms with E-state index in [9.17, 15) is 9.59 Å². The quantitative estimate of drug-likeness (QED) is 0.834. The fraction of sp³-hybridized carbons (Fsp3) is 0.364. The van der Waals surface area contributed by atoms with E-state index < -0.39 is 0 Å². The molecule has 0 bridgehead atoms. The lowest BCUT2D eigenvalue weighted by atomic mass is 10.1. The van der Waals surface area contributed by atoms with Crippen molar-refractivity contribution in [1.29, 1.82) is 0 Å². The molecule has 0 aliphatic carbocycles. The number of para-hydroxylation sites is 1. The largest absolute Gasteiger partial charge is 0.373 e. The highest BCUT2D eigenvalue weighted by atomic mass is 16.5. The van der Waals surface area contributed by atoms with Gasteiger partial charge in [-0.1, -0.05) is 24.3 Å². The standard InChI is InChI=1S/C22H27N3O3/c1-15-7-6-8-18(11-15)23-22(27)19-9-4-5-10-20(19)24-21(26)14-25-12-16(2)28-17(3)13-25/h4-11,16-17H,12-14H2,1-3H3,(H,23,27)(H,24,26)/t16-,17-/m0/s1. The lowest BCUT2D eigenvalue weighted by molar-refractivity contribution is -0.121. The molecule has 2 aromatic rings. The zero-order valence-corrected chi connectivity index (χ0v) is 16.6. The molecule has 0 radical (unpaired) electrons. The first-order chi connectivity index (χ1) is 13.4. The smallest absolute Gasteiger partial charge is 0.257 e. The van der Waals surface area contributed by atoms with Gasteiger partial charge in [0.15, 0.2) is 0 Å². The van der Waals surface area contributed by atoms with Crippen LogP contribution in [0.2, 0.25) is 0 Å². The number of nitrogens with one attached hydrogen (secondary N) is 2. The van der Waals surface area contributed by atoms with E-state index in [4.69, 9.17) is 4.74 Å². The van der Waals surface area contributed by atoms with E-state index in [1.807, 2.05) is 45.0 Å². The molecule has 1 saturated heterocycles. The molecule has 0 spiro atoms.